The highest BCUT2D eigenvalue weighted by Crippen LogP contribution is 2.51. The number of hydrogen-bond acceptors (Lipinski definition) is 3. The highest BCUT2D eigenvalue weighted by atomic mass is 31.2. The molecule has 0 aliphatic heterocycles. The summed E-state index contributed by atoms with van der Waals surface area (Å²) in [7, 11) is -2.32. The van der Waals surface area contributed by atoms with Crippen LogP contribution < -0.4 is 9.05 Å². The van der Waals surface area contributed by atoms with Crippen molar-refractivity contribution < 1.29 is 13.9 Å². The zero-order valence-electron chi connectivity index (χ0n) is 41.0. The summed E-state index contributed by atoms with van der Waals surface area (Å²) in [6.45, 7) is 37.1. The minimum absolute atomic E-state index is 0.0709. The monoisotopic (exact) mass is 835 g/mol. The molecule has 4 aromatic carbocycles. The molecular weight excluding hydrogens is 752 g/mol. The Morgan fingerprint density at radius 1 is 0.400 bits per heavy atom. The molecule has 0 amide bonds. The maximum Gasteiger partial charge on any atom is 0.460 e. The maximum absolute atomic E-state index is 12.2. The summed E-state index contributed by atoms with van der Waals surface area (Å²) >= 11 is 0. The number of hydrogen-bond donors (Lipinski definition) is 1. The van der Waals surface area contributed by atoms with Gasteiger partial charge in [0.15, 0.2) is 0 Å². The number of unbranched alkanes of at least 4 members (excludes halogenated alkanes) is 4. The third kappa shape index (κ3) is 12.1. The van der Waals surface area contributed by atoms with E-state index in [2.05, 4.69) is 171 Å². The SMILES string of the molecule is CCCCc1ccc(OP(O)Oc2ccc(CCCC)c(-c3c(C(C)(C)C)cccc3C(C)(C)C)c2CCCC)c(CCCC)c1-c1c(C(C)(C)C)cccc1C(C)(C)C. The van der Waals surface area contributed by atoms with Crippen molar-refractivity contribution in [2.45, 2.75) is 209 Å². The fourth-order valence-electron chi connectivity index (χ4n) is 8.83. The van der Waals surface area contributed by atoms with E-state index in [0.717, 1.165) is 88.5 Å². The largest absolute Gasteiger partial charge is 0.460 e. The molecule has 0 fully saturated rings. The van der Waals surface area contributed by atoms with Gasteiger partial charge in [0, 0.05) is 11.1 Å². The van der Waals surface area contributed by atoms with E-state index < -0.39 is 8.60 Å². The van der Waals surface area contributed by atoms with Gasteiger partial charge in [0.2, 0.25) is 0 Å². The zero-order chi connectivity index (χ0) is 44.6. The van der Waals surface area contributed by atoms with E-state index in [1.54, 1.807) is 0 Å². The van der Waals surface area contributed by atoms with Crippen LogP contribution in [0.4, 0.5) is 0 Å². The van der Waals surface area contributed by atoms with Gasteiger partial charge in [0.25, 0.3) is 0 Å². The Morgan fingerprint density at radius 2 is 0.683 bits per heavy atom. The summed E-state index contributed by atoms with van der Waals surface area (Å²) < 4.78 is 13.5. The van der Waals surface area contributed by atoms with Gasteiger partial charge in [-0.15, -0.1) is 0 Å². The molecule has 0 unspecified atom stereocenters. The highest BCUT2D eigenvalue weighted by Gasteiger charge is 2.32. The number of benzene rings is 4. The van der Waals surface area contributed by atoms with Crippen LogP contribution in [0.15, 0.2) is 60.7 Å². The molecule has 330 valence electrons. The zero-order valence-corrected chi connectivity index (χ0v) is 41.9. The first-order valence-corrected chi connectivity index (χ1v) is 24.7. The van der Waals surface area contributed by atoms with Crippen LogP contribution in [0.2, 0.25) is 0 Å². The van der Waals surface area contributed by atoms with E-state index in [-0.39, 0.29) is 21.7 Å². The summed E-state index contributed by atoms with van der Waals surface area (Å²) in [5.74, 6) is 1.47. The van der Waals surface area contributed by atoms with Gasteiger partial charge in [-0.05, 0) is 141 Å². The van der Waals surface area contributed by atoms with Crippen LogP contribution in [-0.2, 0) is 47.3 Å². The molecule has 0 aromatic heterocycles. The lowest BCUT2D eigenvalue weighted by Crippen LogP contribution is -2.20. The molecule has 4 heteroatoms. The van der Waals surface area contributed by atoms with E-state index >= 15 is 0 Å². The van der Waals surface area contributed by atoms with Crippen molar-refractivity contribution in [1.29, 1.82) is 0 Å². The van der Waals surface area contributed by atoms with Gasteiger partial charge in [-0.2, -0.15) is 0 Å². The first-order chi connectivity index (χ1) is 28.1. The molecule has 4 rings (SSSR count). The number of rotatable bonds is 18. The fourth-order valence-corrected chi connectivity index (χ4v) is 9.55. The second-order valence-corrected chi connectivity index (χ2v) is 22.3. The van der Waals surface area contributed by atoms with E-state index in [4.69, 9.17) is 9.05 Å². The van der Waals surface area contributed by atoms with Crippen LogP contribution in [-0.4, -0.2) is 4.89 Å². The topological polar surface area (TPSA) is 38.7 Å². The Balaban J connectivity index is 2.00. The molecule has 0 atom stereocenters. The maximum atomic E-state index is 12.2. The molecule has 3 nitrogen and oxygen atoms in total. The third-order valence-electron chi connectivity index (χ3n) is 12.1. The van der Waals surface area contributed by atoms with E-state index in [9.17, 15) is 4.89 Å². The molecule has 0 radical (unpaired) electrons. The molecule has 60 heavy (non-hydrogen) atoms. The van der Waals surface area contributed by atoms with Crippen molar-refractivity contribution in [3.05, 3.63) is 105 Å². The van der Waals surface area contributed by atoms with Crippen molar-refractivity contribution in [2.24, 2.45) is 0 Å². The van der Waals surface area contributed by atoms with Crippen LogP contribution >= 0.6 is 8.60 Å². The normalized spacial score (nSPS) is 12.7. The average molecular weight is 835 g/mol. The summed E-state index contributed by atoms with van der Waals surface area (Å²) in [6, 6.07) is 22.6. The van der Waals surface area contributed by atoms with Crippen LogP contribution in [0.1, 0.15) is 207 Å². The van der Waals surface area contributed by atoms with Gasteiger partial charge >= 0.3 is 8.60 Å². The van der Waals surface area contributed by atoms with Crippen LogP contribution in [0.3, 0.4) is 0 Å². The first kappa shape index (κ1) is 49.5. The van der Waals surface area contributed by atoms with Gasteiger partial charge < -0.3 is 13.9 Å². The van der Waals surface area contributed by atoms with Gasteiger partial charge in [0.1, 0.15) is 11.5 Å². The van der Waals surface area contributed by atoms with Gasteiger partial charge in [-0.1, -0.05) is 185 Å². The summed E-state index contributed by atoms with van der Waals surface area (Å²) in [4.78, 5) is 12.2. The lowest BCUT2D eigenvalue weighted by atomic mass is 9.72. The smallest absolute Gasteiger partial charge is 0.418 e. The third-order valence-corrected chi connectivity index (χ3v) is 12.8. The molecule has 0 bridgehead atoms. The second kappa shape index (κ2) is 20.8. The predicted molar refractivity (Wildman–Crippen MR) is 263 cm³/mol. The summed E-state index contributed by atoms with van der Waals surface area (Å²) in [5, 5.41) is 0. The molecule has 1 N–H and O–H groups in total. The Hall–Kier alpha value is -3.13. The molecular formula is C56H83O3P. The molecule has 4 aromatic rings. The summed E-state index contributed by atoms with van der Waals surface area (Å²) in [5.41, 5.74) is 15.5. The van der Waals surface area contributed by atoms with Crippen LogP contribution in [0.5, 0.6) is 11.5 Å². The van der Waals surface area contributed by atoms with Gasteiger partial charge in [-0.3, -0.25) is 0 Å². The van der Waals surface area contributed by atoms with Crippen molar-refractivity contribution in [2.75, 3.05) is 0 Å². The summed E-state index contributed by atoms with van der Waals surface area (Å²) in [6.07, 6.45) is 12.4. The molecule has 0 saturated heterocycles. The lowest BCUT2D eigenvalue weighted by Gasteiger charge is -2.33. The van der Waals surface area contributed by atoms with Crippen molar-refractivity contribution in [1.82, 2.24) is 0 Å². The van der Waals surface area contributed by atoms with E-state index in [1.807, 2.05) is 0 Å². The highest BCUT2D eigenvalue weighted by molar-refractivity contribution is 7.41. The second-order valence-electron chi connectivity index (χ2n) is 21.4. The van der Waals surface area contributed by atoms with Crippen LogP contribution in [0, 0.1) is 0 Å². The molecule has 0 spiro atoms. The Kier molecular flexibility index (Phi) is 17.2. The quantitative estimate of drug-likeness (QED) is 0.102. The van der Waals surface area contributed by atoms with Crippen molar-refractivity contribution >= 4 is 8.60 Å². The van der Waals surface area contributed by atoms with Crippen LogP contribution in [0.25, 0.3) is 22.3 Å². The van der Waals surface area contributed by atoms with Crippen molar-refractivity contribution in [3.8, 4) is 33.8 Å². The minimum atomic E-state index is -2.32. The van der Waals surface area contributed by atoms with E-state index in [1.165, 1.54) is 66.8 Å². The van der Waals surface area contributed by atoms with Crippen molar-refractivity contribution in [3.63, 3.8) is 0 Å². The molecule has 0 aliphatic carbocycles. The van der Waals surface area contributed by atoms with E-state index in [0.29, 0.717) is 0 Å². The van der Waals surface area contributed by atoms with Gasteiger partial charge in [0.05, 0.1) is 0 Å². The van der Waals surface area contributed by atoms with Gasteiger partial charge in [-0.25, -0.2) is 0 Å². The average Bonchev–Trinajstić information content (AvgIpc) is 3.16. The minimum Gasteiger partial charge on any atom is -0.418 e. The fraction of sp³-hybridized carbons (Fsp3) is 0.571. The first-order valence-electron chi connectivity index (χ1n) is 23.5. The number of aryl methyl sites for hydroxylation is 2. The standard InChI is InChI=1S/C56H83O3P/c1-17-21-27-39-35-37-47(41(29-23-19-3)49(39)51-43(53(5,6)7)31-25-32-44(51)54(8,9)10)58-60(57)59-48-38-36-40(28-22-18-2)50(42(48)30-24-20-4)52-45(55(11,12)13)33-26-34-46(52)56(14,15)16/h25-26,31-38,57H,17-24,27-30H2,1-16H3. The molecule has 0 heterocycles. The molecule has 0 saturated carbocycles. The Labute approximate surface area is 369 Å². The lowest BCUT2D eigenvalue weighted by molar-refractivity contribution is 0.378. The molecule has 0 aliphatic rings. The Morgan fingerprint density at radius 3 is 0.950 bits per heavy atom. The predicted octanol–water partition coefficient (Wildman–Crippen LogP) is 17.3. The Bertz CT molecular complexity index is 1800.